The lowest BCUT2D eigenvalue weighted by atomic mass is 9.92. The topological polar surface area (TPSA) is 12.0 Å². The van der Waals surface area contributed by atoms with Crippen molar-refractivity contribution in [3.05, 3.63) is 35.9 Å². The Morgan fingerprint density at radius 3 is 2.12 bits per heavy atom. The summed E-state index contributed by atoms with van der Waals surface area (Å²) in [4.78, 5) is 0. The highest BCUT2D eigenvalue weighted by Gasteiger charge is 2.12. The number of rotatable bonds is 8. The largest absolute Gasteiger partial charge is 0.310 e. The van der Waals surface area contributed by atoms with Crippen LogP contribution in [0.5, 0.6) is 0 Å². The minimum absolute atomic E-state index is 0.529. The number of hydrogen-bond donors (Lipinski definition) is 1. The second-order valence-electron chi connectivity index (χ2n) is 4.78. The molecule has 1 aromatic rings. The molecule has 0 saturated carbocycles. The summed E-state index contributed by atoms with van der Waals surface area (Å²) < 4.78 is 0. The molecule has 1 unspecified atom stereocenters. The summed E-state index contributed by atoms with van der Waals surface area (Å²) in [6.07, 6.45) is 5.21. The molecular weight excluding hydrogens is 206 g/mol. The molecule has 96 valence electrons. The Bertz CT molecular complexity index is 277. The van der Waals surface area contributed by atoms with Gasteiger partial charge in [0.05, 0.1) is 0 Å². The van der Waals surface area contributed by atoms with Crippen LogP contribution in [0.25, 0.3) is 0 Å². The van der Waals surface area contributed by atoms with E-state index in [1.807, 2.05) is 0 Å². The molecule has 17 heavy (non-hydrogen) atoms. The van der Waals surface area contributed by atoms with Crippen LogP contribution >= 0.6 is 0 Å². The average Bonchev–Trinajstić information content (AvgIpc) is 2.39. The van der Waals surface area contributed by atoms with Crippen molar-refractivity contribution in [3.8, 4) is 0 Å². The third-order valence-electron chi connectivity index (χ3n) is 3.67. The third-order valence-corrected chi connectivity index (χ3v) is 3.67. The summed E-state index contributed by atoms with van der Waals surface area (Å²) in [6.45, 7) is 7.84. The van der Waals surface area contributed by atoms with Crippen LogP contribution in [0.1, 0.15) is 58.1 Å². The van der Waals surface area contributed by atoms with E-state index in [1.165, 1.54) is 31.2 Å². The van der Waals surface area contributed by atoms with Crippen molar-refractivity contribution in [1.29, 1.82) is 0 Å². The van der Waals surface area contributed by atoms with E-state index in [9.17, 15) is 0 Å². The first kappa shape index (κ1) is 14.2. The molecule has 1 N–H and O–H groups in total. The molecule has 0 aliphatic carbocycles. The first-order valence-corrected chi connectivity index (χ1v) is 7.10. The Kier molecular flexibility index (Phi) is 6.95. The zero-order valence-corrected chi connectivity index (χ0v) is 11.6. The van der Waals surface area contributed by atoms with Gasteiger partial charge in [-0.2, -0.15) is 0 Å². The highest BCUT2D eigenvalue weighted by molar-refractivity contribution is 5.18. The van der Waals surface area contributed by atoms with E-state index >= 15 is 0 Å². The SMILES string of the molecule is CCNC(CCC(CC)CC)c1ccccc1. The highest BCUT2D eigenvalue weighted by Crippen LogP contribution is 2.23. The van der Waals surface area contributed by atoms with Crippen LogP contribution in [0.2, 0.25) is 0 Å². The van der Waals surface area contributed by atoms with Crippen LogP contribution in [-0.2, 0) is 0 Å². The van der Waals surface area contributed by atoms with Crippen LogP contribution in [0.4, 0.5) is 0 Å². The van der Waals surface area contributed by atoms with Gasteiger partial charge in [0.1, 0.15) is 0 Å². The average molecular weight is 233 g/mol. The normalized spacial score (nSPS) is 12.9. The summed E-state index contributed by atoms with van der Waals surface area (Å²) in [6, 6.07) is 11.4. The van der Waals surface area contributed by atoms with Gasteiger partial charge in [0, 0.05) is 6.04 Å². The molecule has 0 aromatic heterocycles. The number of nitrogens with one attached hydrogen (secondary N) is 1. The Balaban J connectivity index is 2.55. The molecule has 1 rings (SSSR count). The van der Waals surface area contributed by atoms with Crippen molar-refractivity contribution in [2.75, 3.05) is 6.54 Å². The fourth-order valence-corrected chi connectivity index (χ4v) is 2.42. The van der Waals surface area contributed by atoms with Crippen LogP contribution in [0.3, 0.4) is 0 Å². The molecular formula is C16H27N. The fourth-order valence-electron chi connectivity index (χ4n) is 2.42. The van der Waals surface area contributed by atoms with E-state index in [4.69, 9.17) is 0 Å². The van der Waals surface area contributed by atoms with E-state index in [0.29, 0.717) is 6.04 Å². The smallest absolute Gasteiger partial charge is 0.0320 e. The van der Waals surface area contributed by atoms with E-state index in [2.05, 4.69) is 56.4 Å². The molecule has 0 bridgehead atoms. The molecule has 0 aliphatic rings. The van der Waals surface area contributed by atoms with E-state index in [0.717, 1.165) is 12.5 Å². The Morgan fingerprint density at radius 2 is 1.59 bits per heavy atom. The van der Waals surface area contributed by atoms with Crippen molar-refractivity contribution >= 4 is 0 Å². The van der Waals surface area contributed by atoms with Crippen LogP contribution in [0.15, 0.2) is 30.3 Å². The van der Waals surface area contributed by atoms with Gasteiger partial charge in [0.15, 0.2) is 0 Å². The standard InChI is InChI=1S/C16H27N/c1-4-14(5-2)12-13-16(17-6-3)15-10-8-7-9-11-15/h7-11,14,16-17H,4-6,12-13H2,1-3H3. The van der Waals surface area contributed by atoms with E-state index < -0.39 is 0 Å². The molecule has 0 heterocycles. The Hall–Kier alpha value is -0.820. The molecule has 0 saturated heterocycles. The second kappa shape index (κ2) is 8.30. The molecule has 0 aliphatic heterocycles. The van der Waals surface area contributed by atoms with Crippen LogP contribution in [0, 0.1) is 5.92 Å². The molecule has 0 fully saturated rings. The molecule has 0 radical (unpaired) electrons. The highest BCUT2D eigenvalue weighted by atomic mass is 14.9. The minimum atomic E-state index is 0.529. The second-order valence-corrected chi connectivity index (χ2v) is 4.78. The molecule has 1 atom stereocenters. The lowest BCUT2D eigenvalue weighted by Crippen LogP contribution is -2.21. The first-order valence-electron chi connectivity index (χ1n) is 7.10. The summed E-state index contributed by atoms with van der Waals surface area (Å²) in [5.74, 6) is 0.889. The molecule has 0 spiro atoms. The van der Waals surface area contributed by atoms with Crippen LogP contribution < -0.4 is 5.32 Å². The van der Waals surface area contributed by atoms with Gasteiger partial charge >= 0.3 is 0 Å². The molecule has 1 heteroatoms. The van der Waals surface area contributed by atoms with Crippen molar-refractivity contribution in [2.24, 2.45) is 5.92 Å². The maximum Gasteiger partial charge on any atom is 0.0320 e. The number of benzene rings is 1. The van der Waals surface area contributed by atoms with Gasteiger partial charge in [-0.25, -0.2) is 0 Å². The lowest BCUT2D eigenvalue weighted by Gasteiger charge is -2.21. The summed E-state index contributed by atoms with van der Waals surface area (Å²) in [7, 11) is 0. The predicted octanol–water partition coefficient (Wildman–Crippen LogP) is 4.55. The van der Waals surface area contributed by atoms with Crippen molar-refractivity contribution in [2.45, 2.75) is 52.5 Å². The van der Waals surface area contributed by atoms with Crippen LogP contribution in [-0.4, -0.2) is 6.54 Å². The molecule has 1 nitrogen and oxygen atoms in total. The van der Waals surface area contributed by atoms with Gasteiger partial charge in [-0.3, -0.25) is 0 Å². The van der Waals surface area contributed by atoms with Gasteiger partial charge in [-0.1, -0.05) is 63.9 Å². The predicted molar refractivity (Wildman–Crippen MR) is 76.2 cm³/mol. The Morgan fingerprint density at radius 1 is 0.941 bits per heavy atom. The Labute approximate surface area is 107 Å². The summed E-state index contributed by atoms with van der Waals surface area (Å²) in [5.41, 5.74) is 1.43. The van der Waals surface area contributed by atoms with Gasteiger partial charge in [0.2, 0.25) is 0 Å². The first-order chi connectivity index (χ1) is 8.31. The maximum atomic E-state index is 3.60. The monoisotopic (exact) mass is 233 g/mol. The zero-order valence-electron chi connectivity index (χ0n) is 11.6. The van der Waals surface area contributed by atoms with Gasteiger partial charge < -0.3 is 5.32 Å². The lowest BCUT2D eigenvalue weighted by molar-refractivity contribution is 0.393. The van der Waals surface area contributed by atoms with E-state index in [-0.39, 0.29) is 0 Å². The van der Waals surface area contributed by atoms with Gasteiger partial charge in [0.25, 0.3) is 0 Å². The van der Waals surface area contributed by atoms with E-state index in [1.54, 1.807) is 0 Å². The number of hydrogen-bond acceptors (Lipinski definition) is 1. The zero-order chi connectivity index (χ0) is 12.5. The molecule has 1 aromatic carbocycles. The fraction of sp³-hybridized carbons (Fsp3) is 0.625. The third kappa shape index (κ3) is 4.91. The minimum Gasteiger partial charge on any atom is -0.310 e. The maximum absolute atomic E-state index is 3.60. The van der Waals surface area contributed by atoms with Gasteiger partial charge in [-0.15, -0.1) is 0 Å². The molecule has 0 amide bonds. The van der Waals surface area contributed by atoms with Gasteiger partial charge in [-0.05, 0) is 30.9 Å². The van der Waals surface area contributed by atoms with Crippen molar-refractivity contribution in [1.82, 2.24) is 5.32 Å². The van der Waals surface area contributed by atoms with Crippen molar-refractivity contribution < 1.29 is 0 Å². The quantitative estimate of drug-likeness (QED) is 0.694. The summed E-state index contributed by atoms with van der Waals surface area (Å²) >= 11 is 0. The summed E-state index contributed by atoms with van der Waals surface area (Å²) in [5, 5.41) is 3.60. The van der Waals surface area contributed by atoms with Crippen molar-refractivity contribution in [3.63, 3.8) is 0 Å².